The zero-order valence-corrected chi connectivity index (χ0v) is 25.4. The standard InChI is InChI=1S/C36H33NO8/c1-41-29-20-25(21-30(42-2)33(29)43-3)31-26-17-11-12-18-27(26)34(38)37(32(31)36(40)44-4)28(19-23-13-7-5-8-14-23)35(39)45-22-24-15-9-6-10-16-24/h5-18,20-21,28H,19,22H2,1-4H3/t28-/m0/s1. The topological polar surface area (TPSA) is 102 Å². The Hall–Kier alpha value is -5.57. The summed E-state index contributed by atoms with van der Waals surface area (Å²) in [5, 5.41) is 0.771. The van der Waals surface area contributed by atoms with Crippen LogP contribution in [0.15, 0.2) is 102 Å². The molecule has 45 heavy (non-hydrogen) atoms. The first-order valence-corrected chi connectivity index (χ1v) is 14.2. The van der Waals surface area contributed by atoms with E-state index in [2.05, 4.69) is 0 Å². The molecule has 0 aliphatic rings. The summed E-state index contributed by atoms with van der Waals surface area (Å²) in [6, 6.07) is 27.5. The predicted octanol–water partition coefficient (Wildman–Crippen LogP) is 6.01. The van der Waals surface area contributed by atoms with Crippen LogP contribution in [-0.4, -0.2) is 44.9 Å². The molecule has 0 saturated carbocycles. The molecule has 5 rings (SSSR count). The summed E-state index contributed by atoms with van der Waals surface area (Å²) < 4.78 is 29.0. The molecule has 1 atom stereocenters. The van der Waals surface area contributed by atoms with Gasteiger partial charge in [-0.1, -0.05) is 78.9 Å². The van der Waals surface area contributed by atoms with E-state index in [0.29, 0.717) is 39.1 Å². The number of benzene rings is 4. The largest absolute Gasteiger partial charge is 0.493 e. The molecular formula is C36H33NO8. The maximum absolute atomic E-state index is 14.4. The number of carbonyl (C=O) groups is 2. The maximum atomic E-state index is 14.4. The zero-order valence-electron chi connectivity index (χ0n) is 25.4. The van der Waals surface area contributed by atoms with Gasteiger partial charge in [0.15, 0.2) is 11.5 Å². The average molecular weight is 608 g/mol. The molecule has 5 aromatic rings. The SMILES string of the molecule is COC(=O)c1c(-c2cc(OC)c(OC)c(OC)c2)c2ccccc2c(=O)n1[C@@H](Cc1ccccc1)C(=O)OCc1ccccc1. The first kappa shape index (κ1) is 30.9. The normalized spacial score (nSPS) is 11.5. The Morgan fingerprint density at radius 2 is 1.27 bits per heavy atom. The molecule has 0 spiro atoms. The number of nitrogens with zero attached hydrogens (tertiary/aromatic N) is 1. The summed E-state index contributed by atoms with van der Waals surface area (Å²) in [6.45, 7) is -0.0133. The van der Waals surface area contributed by atoms with Crippen LogP contribution < -0.4 is 19.8 Å². The molecule has 0 unspecified atom stereocenters. The zero-order chi connectivity index (χ0) is 31.9. The van der Waals surface area contributed by atoms with E-state index in [1.807, 2.05) is 60.7 Å². The first-order chi connectivity index (χ1) is 21.9. The molecular weight excluding hydrogens is 574 g/mol. The van der Waals surface area contributed by atoms with Crippen molar-refractivity contribution < 1.29 is 33.3 Å². The van der Waals surface area contributed by atoms with Crippen molar-refractivity contribution in [3.05, 3.63) is 124 Å². The number of fused-ring (bicyclic) bond motifs is 1. The van der Waals surface area contributed by atoms with Crippen molar-refractivity contribution in [2.75, 3.05) is 28.4 Å². The summed E-state index contributed by atoms with van der Waals surface area (Å²) in [6.07, 6.45) is 0.0748. The molecule has 9 nitrogen and oxygen atoms in total. The number of aromatic nitrogens is 1. The molecule has 0 amide bonds. The fourth-order valence-corrected chi connectivity index (χ4v) is 5.42. The quantitative estimate of drug-likeness (QED) is 0.168. The van der Waals surface area contributed by atoms with E-state index in [4.69, 9.17) is 23.7 Å². The third kappa shape index (κ3) is 6.24. The summed E-state index contributed by atoms with van der Waals surface area (Å²) in [5.74, 6) is -0.454. The van der Waals surface area contributed by atoms with Crippen LogP contribution in [0.5, 0.6) is 17.2 Å². The van der Waals surface area contributed by atoms with Gasteiger partial charge in [0.25, 0.3) is 5.56 Å². The number of methoxy groups -OCH3 is 4. The number of hydrogen-bond donors (Lipinski definition) is 0. The minimum absolute atomic E-state index is 0.0133. The maximum Gasteiger partial charge on any atom is 0.355 e. The number of rotatable bonds is 11. The fraction of sp³-hybridized carbons (Fsp3) is 0.194. The van der Waals surface area contributed by atoms with Crippen LogP contribution in [0, 0.1) is 0 Å². The smallest absolute Gasteiger partial charge is 0.355 e. The summed E-state index contributed by atoms with van der Waals surface area (Å²) >= 11 is 0. The molecule has 0 aliphatic carbocycles. The Kier molecular flexibility index (Phi) is 9.48. The predicted molar refractivity (Wildman–Crippen MR) is 170 cm³/mol. The second-order valence-electron chi connectivity index (χ2n) is 10.1. The second-order valence-corrected chi connectivity index (χ2v) is 10.1. The highest BCUT2D eigenvalue weighted by molar-refractivity contribution is 6.07. The molecule has 0 fully saturated rings. The van der Waals surface area contributed by atoms with Gasteiger partial charge < -0.3 is 23.7 Å². The van der Waals surface area contributed by atoms with Crippen LogP contribution in [0.1, 0.15) is 27.7 Å². The molecule has 1 heterocycles. The summed E-state index contributed by atoms with van der Waals surface area (Å²) in [4.78, 5) is 42.2. The number of hydrogen-bond acceptors (Lipinski definition) is 8. The number of carbonyl (C=O) groups excluding carboxylic acids is 2. The van der Waals surface area contributed by atoms with Gasteiger partial charge in [-0.2, -0.15) is 0 Å². The molecule has 0 N–H and O–H groups in total. The van der Waals surface area contributed by atoms with E-state index < -0.39 is 23.5 Å². The van der Waals surface area contributed by atoms with Gasteiger partial charge in [-0.15, -0.1) is 0 Å². The molecule has 230 valence electrons. The Morgan fingerprint density at radius 3 is 1.82 bits per heavy atom. The lowest BCUT2D eigenvalue weighted by Gasteiger charge is -2.25. The molecule has 0 saturated heterocycles. The number of pyridine rings is 1. The lowest BCUT2D eigenvalue weighted by molar-refractivity contribution is -0.149. The van der Waals surface area contributed by atoms with Gasteiger partial charge in [-0.25, -0.2) is 9.59 Å². The molecule has 9 heteroatoms. The Balaban J connectivity index is 1.82. The lowest BCUT2D eigenvalue weighted by Crippen LogP contribution is -2.37. The van der Waals surface area contributed by atoms with Crippen LogP contribution in [0.3, 0.4) is 0 Å². The third-order valence-corrected chi connectivity index (χ3v) is 7.54. The van der Waals surface area contributed by atoms with Crippen molar-refractivity contribution in [1.82, 2.24) is 4.57 Å². The highest BCUT2D eigenvalue weighted by Gasteiger charge is 2.33. The van der Waals surface area contributed by atoms with Crippen LogP contribution in [-0.2, 0) is 27.3 Å². The van der Waals surface area contributed by atoms with Gasteiger partial charge >= 0.3 is 11.9 Å². The Bertz CT molecular complexity index is 1860. The van der Waals surface area contributed by atoms with E-state index in [1.165, 1.54) is 33.0 Å². The first-order valence-electron chi connectivity index (χ1n) is 14.2. The van der Waals surface area contributed by atoms with Gasteiger partial charge in [0, 0.05) is 17.4 Å². The van der Waals surface area contributed by atoms with E-state index in [-0.39, 0.29) is 18.7 Å². The fourth-order valence-electron chi connectivity index (χ4n) is 5.42. The van der Waals surface area contributed by atoms with Crippen LogP contribution in [0.4, 0.5) is 0 Å². The minimum atomic E-state index is -1.22. The summed E-state index contributed by atoms with van der Waals surface area (Å²) in [5.41, 5.74) is 1.72. The van der Waals surface area contributed by atoms with E-state index in [1.54, 1.807) is 36.4 Å². The minimum Gasteiger partial charge on any atom is -0.493 e. The summed E-state index contributed by atoms with van der Waals surface area (Å²) in [7, 11) is 5.69. The van der Waals surface area contributed by atoms with Gasteiger partial charge in [0.2, 0.25) is 5.75 Å². The highest BCUT2D eigenvalue weighted by atomic mass is 16.5. The molecule has 1 aromatic heterocycles. The van der Waals surface area contributed by atoms with E-state index in [0.717, 1.165) is 11.1 Å². The lowest BCUT2D eigenvalue weighted by atomic mass is 9.94. The van der Waals surface area contributed by atoms with Crippen molar-refractivity contribution in [1.29, 1.82) is 0 Å². The van der Waals surface area contributed by atoms with E-state index in [9.17, 15) is 14.4 Å². The van der Waals surface area contributed by atoms with E-state index >= 15 is 0 Å². The van der Waals surface area contributed by atoms with Gasteiger partial charge in [0.1, 0.15) is 18.3 Å². The molecule has 4 aromatic carbocycles. The monoisotopic (exact) mass is 607 g/mol. The van der Waals surface area contributed by atoms with Crippen LogP contribution >= 0.6 is 0 Å². The highest BCUT2D eigenvalue weighted by Crippen LogP contribution is 2.43. The number of esters is 2. The number of ether oxygens (including phenoxy) is 5. The Labute approximate surface area is 260 Å². The molecule has 0 radical (unpaired) electrons. The average Bonchev–Trinajstić information content (AvgIpc) is 3.09. The van der Waals surface area contributed by atoms with Crippen molar-refractivity contribution in [2.24, 2.45) is 0 Å². The van der Waals surface area contributed by atoms with Crippen molar-refractivity contribution >= 4 is 22.7 Å². The van der Waals surface area contributed by atoms with Gasteiger partial charge in [-0.05, 0) is 40.3 Å². The van der Waals surface area contributed by atoms with Gasteiger partial charge in [-0.3, -0.25) is 9.36 Å². The van der Waals surface area contributed by atoms with Crippen LogP contribution in [0.2, 0.25) is 0 Å². The third-order valence-electron chi connectivity index (χ3n) is 7.54. The Morgan fingerprint density at radius 1 is 0.711 bits per heavy atom. The van der Waals surface area contributed by atoms with Crippen molar-refractivity contribution in [3.63, 3.8) is 0 Å². The van der Waals surface area contributed by atoms with Gasteiger partial charge in [0.05, 0.1) is 28.4 Å². The molecule has 0 bridgehead atoms. The molecule has 0 aliphatic heterocycles. The van der Waals surface area contributed by atoms with Crippen LogP contribution in [0.25, 0.3) is 21.9 Å². The van der Waals surface area contributed by atoms with Crippen molar-refractivity contribution in [2.45, 2.75) is 19.1 Å². The van der Waals surface area contributed by atoms with Crippen molar-refractivity contribution in [3.8, 4) is 28.4 Å². The second kappa shape index (κ2) is 13.8.